The van der Waals surface area contributed by atoms with Crippen molar-refractivity contribution in [3.63, 3.8) is 0 Å². The van der Waals surface area contributed by atoms with Gasteiger partial charge in [-0.25, -0.2) is 0 Å². The van der Waals surface area contributed by atoms with Crippen LogP contribution in [-0.2, 0) is 4.79 Å². The third-order valence-electron chi connectivity index (χ3n) is 4.15. The van der Waals surface area contributed by atoms with E-state index in [1.807, 2.05) is 11.8 Å². The second kappa shape index (κ2) is 2.96. The van der Waals surface area contributed by atoms with Crippen LogP contribution in [0.3, 0.4) is 0 Å². The van der Waals surface area contributed by atoms with E-state index in [2.05, 4.69) is 26.1 Å². The molecule has 0 aromatic rings. The Balaban J connectivity index is 2.04. The van der Waals surface area contributed by atoms with Gasteiger partial charge in [0.2, 0.25) is 5.91 Å². The van der Waals surface area contributed by atoms with Crippen LogP contribution in [-0.4, -0.2) is 29.6 Å². The van der Waals surface area contributed by atoms with Crippen molar-refractivity contribution in [2.75, 3.05) is 6.67 Å². The summed E-state index contributed by atoms with van der Waals surface area (Å²) in [6, 6.07) is 0.500. The second-order valence-electron chi connectivity index (χ2n) is 5.27. The molecule has 2 fully saturated rings. The lowest BCUT2D eigenvalue weighted by Gasteiger charge is -2.22. The van der Waals surface area contributed by atoms with E-state index in [4.69, 9.17) is 0 Å². The number of hydrogen-bond donors (Lipinski definition) is 1. The van der Waals surface area contributed by atoms with Gasteiger partial charge in [-0.3, -0.25) is 10.1 Å². The van der Waals surface area contributed by atoms with Crippen molar-refractivity contribution in [2.45, 2.75) is 46.2 Å². The average molecular weight is 196 g/mol. The molecule has 3 unspecified atom stereocenters. The van der Waals surface area contributed by atoms with E-state index in [9.17, 15) is 4.79 Å². The van der Waals surface area contributed by atoms with Crippen molar-refractivity contribution in [2.24, 2.45) is 11.3 Å². The highest BCUT2D eigenvalue weighted by Gasteiger charge is 2.57. The molecule has 80 valence electrons. The smallest absolute Gasteiger partial charge is 0.240 e. The number of carbonyl (C=O) groups excluding carboxylic acids is 1. The second-order valence-corrected chi connectivity index (χ2v) is 5.27. The molecule has 1 saturated heterocycles. The van der Waals surface area contributed by atoms with Gasteiger partial charge in [0.05, 0.1) is 12.7 Å². The Morgan fingerprint density at radius 3 is 2.57 bits per heavy atom. The van der Waals surface area contributed by atoms with E-state index in [1.54, 1.807) is 0 Å². The minimum atomic E-state index is 0.0204. The maximum Gasteiger partial charge on any atom is 0.240 e. The van der Waals surface area contributed by atoms with Gasteiger partial charge >= 0.3 is 0 Å². The van der Waals surface area contributed by atoms with Crippen molar-refractivity contribution in [3.05, 3.63) is 0 Å². The maximum atomic E-state index is 11.8. The van der Waals surface area contributed by atoms with Crippen LogP contribution in [0.5, 0.6) is 0 Å². The maximum absolute atomic E-state index is 11.8. The summed E-state index contributed by atoms with van der Waals surface area (Å²) in [6.45, 7) is 9.47. The van der Waals surface area contributed by atoms with Gasteiger partial charge in [0, 0.05) is 6.04 Å². The van der Waals surface area contributed by atoms with Crippen LogP contribution in [0.4, 0.5) is 0 Å². The van der Waals surface area contributed by atoms with Crippen LogP contribution in [0.1, 0.15) is 34.1 Å². The van der Waals surface area contributed by atoms with E-state index in [-0.39, 0.29) is 11.9 Å². The topological polar surface area (TPSA) is 32.3 Å². The molecule has 3 nitrogen and oxygen atoms in total. The molecule has 0 aromatic carbocycles. The average Bonchev–Trinajstić information content (AvgIpc) is 2.69. The standard InChI is InChI=1S/C11H20N2O/c1-7(2)11(4)5-9(11)13-6-12-8(3)10(13)14/h7-9,12H,5-6H2,1-4H3. The third-order valence-corrected chi connectivity index (χ3v) is 4.15. The summed E-state index contributed by atoms with van der Waals surface area (Å²) in [5.41, 5.74) is 0.363. The van der Waals surface area contributed by atoms with Gasteiger partial charge < -0.3 is 4.90 Å². The highest BCUT2D eigenvalue weighted by atomic mass is 16.2. The molecule has 0 aromatic heterocycles. The molecule has 14 heavy (non-hydrogen) atoms. The summed E-state index contributed by atoms with van der Waals surface area (Å²) in [7, 11) is 0. The van der Waals surface area contributed by atoms with E-state index in [0.717, 1.165) is 6.67 Å². The fourth-order valence-corrected chi connectivity index (χ4v) is 2.36. The van der Waals surface area contributed by atoms with Gasteiger partial charge in [-0.15, -0.1) is 0 Å². The van der Waals surface area contributed by atoms with Crippen molar-refractivity contribution in [3.8, 4) is 0 Å². The Kier molecular flexibility index (Phi) is 2.11. The molecule has 3 heteroatoms. The molecule has 2 rings (SSSR count). The highest BCUT2D eigenvalue weighted by molar-refractivity contribution is 5.84. The molecule has 1 N–H and O–H groups in total. The summed E-state index contributed by atoms with van der Waals surface area (Å²) in [6.07, 6.45) is 1.17. The number of rotatable bonds is 2. The van der Waals surface area contributed by atoms with Gasteiger partial charge in [-0.2, -0.15) is 0 Å². The Bertz CT molecular complexity index is 264. The molecule has 1 saturated carbocycles. The van der Waals surface area contributed by atoms with Crippen molar-refractivity contribution < 1.29 is 4.79 Å². The van der Waals surface area contributed by atoms with Gasteiger partial charge in [-0.1, -0.05) is 20.8 Å². The molecular weight excluding hydrogens is 176 g/mol. The van der Waals surface area contributed by atoms with Gasteiger partial charge in [0.15, 0.2) is 0 Å². The van der Waals surface area contributed by atoms with Crippen LogP contribution in [0.15, 0.2) is 0 Å². The first-order valence-electron chi connectivity index (χ1n) is 5.50. The molecule has 2 aliphatic rings. The number of amides is 1. The predicted octanol–water partition coefficient (Wildman–Crippen LogP) is 1.20. The Morgan fingerprint density at radius 2 is 2.21 bits per heavy atom. The Hall–Kier alpha value is -0.570. The first-order valence-corrected chi connectivity index (χ1v) is 5.50. The third kappa shape index (κ3) is 1.26. The minimum Gasteiger partial charge on any atom is -0.325 e. The van der Waals surface area contributed by atoms with Gasteiger partial charge in [-0.05, 0) is 24.7 Å². The fourth-order valence-electron chi connectivity index (χ4n) is 2.36. The molecule has 0 spiro atoms. The van der Waals surface area contributed by atoms with Crippen LogP contribution in [0.2, 0.25) is 0 Å². The number of nitrogens with one attached hydrogen (secondary N) is 1. The fraction of sp³-hybridized carbons (Fsp3) is 0.909. The molecule has 1 amide bonds. The molecule has 0 radical (unpaired) electrons. The summed E-state index contributed by atoms with van der Waals surface area (Å²) >= 11 is 0. The van der Waals surface area contributed by atoms with Crippen LogP contribution >= 0.6 is 0 Å². The lowest BCUT2D eigenvalue weighted by Crippen LogP contribution is -2.34. The zero-order valence-corrected chi connectivity index (χ0v) is 9.50. The molecule has 1 aliphatic heterocycles. The van der Waals surface area contributed by atoms with E-state index in [0.29, 0.717) is 17.4 Å². The normalized spacial score (nSPS) is 42.4. The summed E-state index contributed by atoms with van der Waals surface area (Å²) in [5.74, 6) is 0.940. The molecule has 3 atom stereocenters. The number of hydrogen-bond acceptors (Lipinski definition) is 2. The van der Waals surface area contributed by atoms with Gasteiger partial charge in [0.25, 0.3) is 0 Å². The quantitative estimate of drug-likeness (QED) is 0.719. The molecule has 1 aliphatic carbocycles. The van der Waals surface area contributed by atoms with Crippen LogP contribution < -0.4 is 5.32 Å². The molecule has 1 heterocycles. The summed E-state index contributed by atoms with van der Waals surface area (Å²) in [5, 5.41) is 3.19. The monoisotopic (exact) mass is 196 g/mol. The van der Waals surface area contributed by atoms with Crippen molar-refractivity contribution in [1.29, 1.82) is 0 Å². The highest BCUT2D eigenvalue weighted by Crippen LogP contribution is 2.54. The summed E-state index contributed by atoms with van der Waals surface area (Å²) in [4.78, 5) is 13.8. The lowest BCUT2D eigenvalue weighted by atomic mass is 9.94. The Labute approximate surface area is 85.8 Å². The zero-order chi connectivity index (χ0) is 10.5. The van der Waals surface area contributed by atoms with Gasteiger partial charge in [0.1, 0.15) is 0 Å². The van der Waals surface area contributed by atoms with Crippen LogP contribution in [0.25, 0.3) is 0 Å². The van der Waals surface area contributed by atoms with E-state index in [1.165, 1.54) is 6.42 Å². The summed E-state index contributed by atoms with van der Waals surface area (Å²) < 4.78 is 0. The van der Waals surface area contributed by atoms with Crippen molar-refractivity contribution in [1.82, 2.24) is 10.2 Å². The number of carbonyl (C=O) groups is 1. The number of nitrogens with zero attached hydrogens (tertiary/aromatic N) is 1. The van der Waals surface area contributed by atoms with E-state index >= 15 is 0 Å². The molecule has 0 bridgehead atoms. The largest absolute Gasteiger partial charge is 0.325 e. The lowest BCUT2D eigenvalue weighted by molar-refractivity contribution is -0.129. The van der Waals surface area contributed by atoms with E-state index < -0.39 is 0 Å². The first kappa shape index (κ1) is 9.97. The first-order chi connectivity index (χ1) is 6.47. The SMILES string of the molecule is CC1NCN(C2CC2(C)C(C)C)C1=O. The predicted molar refractivity (Wildman–Crippen MR) is 55.7 cm³/mol. The van der Waals surface area contributed by atoms with Crippen LogP contribution in [0, 0.1) is 11.3 Å². The van der Waals surface area contributed by atoms with Crippen molar-refractivity contribution >= 4 is 5.91 Å². The molecular formula is C11H20N2O. The minimum absolute atomic E-state index is 0.0204. The zero-order valence-electron chi connectivity index (χ0n) is 9.50. The Morgan fingerprint density at radius 1 is 1.57 bits per heavy atom.